The lowest BCUT2D eigenvalue weighted by atomic mass is 10.1. The molecule has 1 amide bonds. The number of para-hydroxylation sites is 2. The van der Waals surface area contributed by atoms with Gasteiger partial charge in [-0.25, -0.2) is 0 Å². The zero-order valence-corrected chi connectivity index (χ0v) is 15.8. The number of rotatable bonds is 7. The Morgan fingerprint density at radius 2 is 1.96 bits per heavy atom. The van der Waals surface area contributed by atoms with Crippen LogP contribution < -0.4 is 14.8 Å². The molecule has 2 aromatic rings. The molecule has 27 heavy (non-hydrogen) atoms. The van der Waals surface area contributed by atoms with Crippen LogP contribution in [0.2, 0.25) is 0 Å². The summed E-state index contributed by atoms with van der Waals surface area (Å²) in [6, 6.07) is 13.4. The molecule has 1 aromatic heterocycles. The summed E-state index contributed by atoms with van der Waals surface area (Å²) in [5.74, 6) is 1.17. The minimum atomic E-state index is -0.0292. The molecule has 1 fully saturated rings. The largest absolute Gasteiger partial charge is 0.493 e. The van der Waals surface area contributed by atoms with E-state index in [1.807, 2.05) is 47.4 Å². The van der Waals surface area contributed by atoms with Crippen LogP contribution in [0.1, 0.15) is 25.0 Å². The number of nitrogens with one attached hydrogen (secondary N) is 1. The van der Waals surface area contributed by atoms with Crippen molar-refractivity contribution in [2.75, 3.05) is 26.8 Å². The summed E-state index contributed by atoms with van der Waals surface area (Å²) in [6.07, 6.45) is 4.75. The van der Waals surface area contributed by atoms with Crippen molar-refractivity contribution in [2.45, 2.75) is 31.8 Å². The molecule has 2 heterocycles. The highest BCUT2D eigenvalue weighted by Crippen LogP contribution is 2.26. The predicted octanol–water partition coefficient (Wildman–Crippen LogP) is 2.64. The molecule has 1 N–H and O–H groups in total. The molecule has 0 aliphatic carbocycles. The van der Waals surface area contributed by atoms with Crippen LogP contribution in [0.4, 0.5) is 0 Å². The van der Waals surface area contributed by atoms with E-state index >= 15 is 0 Å². The lowest BCUT2D eigenvalue weighted by molar-refractivity contribution is -0.136. The normalized spacial score (nSPS) is 17.0. The molecule has 144 valence electrons. The lowest BCUT2D eigenvalue weighted by Gasteiger charge is -2.31. The van der Waals surface area contributed by atoms with Gasteiger partial charge in [-0.1, -0.05) is 18.2 Å². The Kier molecular flexibility index (Phi) is 7.04. The van der Waals surface area contributed by atoms with Gasteiger partial charge < -0.3 is 19.7 Å². The van der Waals surface area contributed by atoms with Crippen molar-refractivity contribution in [3.8, 4) is 11.5 Å². The number of pyridine rings is 1. The van der Waals surface area contributed by atoms with Crippen molar-refractivity contribution in [2.24, 2.45) is 0 Å². The van der Waals surface area contributed by atoms with E-state index in [0.717, 1.165) is 38.0 Å². The number of hydrogen-bond acceptors (Lipinski definition) is 5. The van der Waals surface area contributed by atoms with E-state index in [-0.39, 0.29) is 18.6 Å². The quantitative estimate of drug-likeness (QED) is 0.813. The van der Waals surface area contributed by atoms with Gasteiger partial charge in [0, 0.05) is 12.2 Å². The highest BCUT2D eigenvalue weighted by Gasteiger charge is 2.25. The van der Waals surface area contributed by atoms with Crippen molar-refractivity contribution >= 4 is 5.91 Å². The first kappa shape index (κ1) is 19.2. The molecule has 1 saturated heterocycles. The summed E-state index contributed by atoms with van der Waals surface area (Å²) >= 11 is 0. The standard InChI is InChI=1S/C21H27N3O3/c1-26-19-9-2-3-10-20(19)27-16-21(25)24(15-17-7-4-5-13-23-17)18-8-6-12-22-14-11-18/h2-5,7,9-10,13,18,22H,6,8,11-12,14-16H2,1H3. The van der Waals surface area contributed by atoms with Crippen molar-refractivity contribution in [3.05, 3.63) is 54.4 Å². The fraction of sp³-hybridized carbons (Fsp3) is 0.429. The maximum Gasteiger partial charge on any atom is 0.261 e. The highest BCUT2D eigenvalue weighted by atomic mass is 16.5. The molecule has 1 atom stereocenters. The van der Waals surface area contributed by atoms with Crippen LogP contribution in [0.25, 0.3) is 0 Å². The monoisotopic (exact) mass is 369 g/mol. The number of aromatic nitrogens is 1. The van der Waals surface area contributed by atoms with Crippen molar-refractivity contribution in [1.82, 2.24) is 15.2 Å². The summed E-state index contributed by atoms with van der Waals surface area (Å²) in [5.41, 5.74) is 0.889. The summed E-state index contributed by atoms with van der Waals surface area (Å²) in [5, 5.41) is 3.41. The first-order valence-electron chi connectivity index (χ1n) is 9.44. The third-order valence-corrected chi connectivity index (χ3v) is 4.79. The molecule has 6 nitrogen and oxygen atoms in total. The molecule has 0 saturated carbocycles. The Morgan fingerprint density at radius 3 is 2.74 bits per heavy atom. The first-order chi connectivity index (χ1) is 13.3. The van der Waals surface area contributed by atoms with Gasteiger partial charge in [0.05, 0.1) is 19.3 Å². The average Bonchev–Trinajstić information content (AvgIpc) is 3.00. The maximum absolute atomic E-state index is 13.0. The second-order valence-electron chi connectivity index (χ2n) is 6.62. The highest BCUT2D eigenvalue weighted by molar-refractivity contribution is 5.78. The number of amides is 1. The van der Waals surface area contributed by atoms with Crippen LogP contribution in [-0.2, 0) is 11.3 Å². The number of carbonyl (C=O) groups is 1. The second kappa shape index (κ2) is 9.92. The summed E-state index contributed by atoms with van der Waals surface area (Å²) < 4.78 is 11.1. The maximum atomic E-state index is 13.0. The summed E-state index contributed by atoms with van der Waals surface area (Å²) in [4.78, 5) is 19.4. The molecule has 0 radical (unpaired) electrons. The Morgan fingerprint density at radius 1 is 1.15 bits per heavy atom. The minimum absolute atomic E-state index is 0.0167. The van der Waals surface area contributed by atoms with Crippen LogP contribution in [0.15, 0.2) is 48.7 Å². The Labute approximate surface area is 160 Å². The molecule has 1 aliphatic rings. The Hall–Kier alpha value is -2.60. The van der Waals surface area contributed by atoms with E-state index in [0.29, 0.717) is 18.0 Å². The van der Waals surface area contributed by atoms with Gasteiger partial charge in [-0.3, -0.25) is 9.78 Å². The topological polar surface area (TPSA) is 63.7 Å². The molecule has 3 rings (SSSR count). The molecule has 0 bridgehead atoms. The van der Waals surface area contributed by atoms with Crippen molar-refractivity contribution in [3.63, 3.8) is 0 Å². The SMILES string of the molecule is COc1ccccc1OCC(=O)N(Cc1ccccn1)C1CCCNCC1. The van der Waals surface area contributed by atoms with Gasteiger partial charge in [-0.15, -0.1) is 0 Å². The number of ether oxygens (including phenoxy) is 2. The van der Waals surface area contributed by atoms with Crippen LogP contribution in [0.5, 0.6) is 11.5 Å². The predicted molar refractivity (Wildman–Crippen MR) is 104 cm³/mol. The minimum Gasteiger partial charge on any atom is -0.493 e. The van der Waals surface area contributed by atoms with Crippen LogP contribution in [0, 0.1) is 0 Å². The average molecular weight is 369 g/mol. The van der Waals surface area contributed by atoms with E-state index in [4.69, 9.17) is 9.47 Å². The van der Waals surface area contributed by atoms with E-state index in [1.54, 1.807) is 13.3 Å². The van der Waals surface area contributed by atoms with Crippen LogP contribution in [0.3, 0.4) is 0 Å². The van der Waals surface area contributed by atoms with Gasteiger partial charge in [0.1, 0.15) is 0 Å². The number of methoxy groups -OCH3 is 1. The fourth-order valence-corrected chi connectivity index (χ4v) is 3.36. The number of benzene rings is 1. The zero-order valence-electron chi connectivity index (χ0n) is 15.8. The molecule has 1 aromatic carbocycles. The lowest BCUT2D eigenvalue weighted by Crippen LogP contribution is -2.43. The fourth-order valence-electron chi connectivity index (χ4n) is 3.36. The van der Waals surface area contributed by atoms with Gasteiger partial charge in [0.15, 0.2) is 18.1 Å². The van der Waals surface area contributed by atoms with E-state index in [2.05, 4.69) is 10.3 Å². The first-order valence-corrected chi connectivity index (χ1v) is 9.44. The Balaban J connectivity index is 1.71. The molecular formula is C21H27N3O3. The number of nitrogens with zero attached hydrogens (tertiary/aromatic N) is 2. The van der Waals surface area contributed by atoms with Gasteiger partial charge in [-0.05, 0) is 56.6 Å². The molecular weight excluding hydrogens is 342 g/mol. The van der Waals surface area contributed by atoms with Crippen molar-refractivity contribution in [1.29, 1.82) is 0 Å². The van der Waals surface area contributed by atoms with Gasteiger partial charge in [-0.2, -0.15) is 0 Å². The van der Waals surface area contributed by atoms with Gasteiger partial charge in [0.2, 0.25) is 0 Å². The third kappa shape index (κ3) is 5.44. The molecule has 0 spiro atoms. The van der Waals surface area contributed by atoms with Gasteiger partial charge >= 0.3 is 0 Å². The number of hydrogen-bond donors (Lipinski definition) is 1. The second-order valence-corrected chi connectivity index (χ2v) is 6.62. The number of carbonyl (C=O) groups excluding carboxylic acids is 1. The molecule has 6 heteroatoms. The van der Waals surface area contributed by atoms with E-state index in [9.17, 15) is 4.79 Å². The van der Waals surface area contributed by atoms with E-state index in [1.165, 1.54) is 0 Å². The van der Waals surface area contributed by atoms with Gasteiger partial charge in [0.25, 0.3) is 5.91 Å². The third-order valence-electron chi connectivity index (χ3n) is 4.79. The molecule has 1 unspecified atom stereocenters. The van der Waals surface area contributed by atoms with Crippen molar-refractivity contribution < 1.29 is 14.3 Å². The molecule has 1 aliphatic heterocycles. The summed E-state index contributed by atoms with van der Waals surface area (Å²) in [6.45, 7) is 2.40. The Bertz CT molecular complexity index is 716. The van der Waals surface area contributed by atoms with E-state index < -0.39 is 0 Å². The zero-order chi connectivity index (χ0) is 18.9. The smallest absolute Gasteiger partial charge is 0.261 e. The van der Waals surface area contributed by atoms with Crippen LogP contribution >= 0.6 is 0 Å². The van der Waals surface area contributed by atoms with Crippen LogP contribution in [-0.4, -0.2) is 48.6 Å². The summed E-state index contributed by atoms with van der Waals surface area (Å²) in [7, 11) is 1.59.